The van der Waals surface area contributed by atoms with Crippen LogP contribution in [0.4, 0.5) is 0 Å². The van der Waals surface area contributed by atoms with Crippen LogP contribution in [0.15, 0.2) is 0 Å². The van der Waals surface area contributed by atoms with Crippen molar-refractivity contribution in [2.45, 2.75) is 219 Å². The van der Waals surface area contributed by atoms with Gasteiger partial charge in [-0.15, -0.1) is 0 Å². The summed E-state index contributed by atoms with van der Waals surface area (Å²) in [6, 6.07) is 0. The summed E-state index contributed by atoms with van der Waals surface area (Å²) in [4.78, 5) is 0. The van der Waals surface area contributed by atoms with Crippen molar-refractivity contribution in [3.05, 3.63) is 0 Å². The maximum Gasteiger partial charge on any atom is 0.0466 e. The normalized spacial score (nSPS) is 11.1. The van der Waals surface area contributed by atoms with Gasteiger partial charge >= 0.3 is 0 Å². The van der Waals surface area contributed by atoms with Crippen LogP contribution in [0.2, 0.25) is 0 Å². The van der Waals surface area contributed by atoms with Crippen LogP contribution in [-0.2, 0) is 4.74 Å². The van der Waals surface area contributed by atoms with Gasteiger partial charge in [-0.2, -0.15) is 0 Å². The lowest BCUT2D eigenvalue weighted by Crippen LogP contribution is -1.97. The highest BCUT2D eigenvalue weighted by molar-refractivity contribution is 4.52. The molecule has 0 rings (SSSR count). The van der Waals surface area contributed by atoms with Crippen LogP contribution in [0.25, 0.3) is 0 Å². The minimum atomic E-state index is 0.997. The Balaban J connectivity index is 0. The second-order valence-corrected chi connectivity index (χ2v) is 12.2. The van der Waals surface area contributed by atoms with Gasteiger partial charge in [-0.05, 0) is 12.8 Å². The topological polar surface area (TPSA) is 29.5 Å². The highest BCUT2D eigenvalue weighted by atomic mass is 16.5. The van der Waals surface area contributed by atoms with Gasteiger partial charge in [0.25, 0.3) is 0 Å². The van der Waals surface area contributed by atoms with Crippen LogP contribution in [0, 0.1) is 0 Å². The van der Waals surface area contributed by atoms with Crippen LogP contribution < -0.4 is 0 Å². The Bertz CT molecular complexity index is 336. The zero-order chi connectivity index (χ0) is 28.7. The number of hydrogen-bond acceptors (Lipinski definition) is 2. The number of rotatable bonds is 34. The Morgan fingerprint density at radius 1 is 0.256 bits per heavy atom. The quantitative estimate of drug-likeness (QED) is 0.0801. The molecule has 0 aromatic carbocycles. The predicted molar refractivity (Wildman–Crippen MR) is 178 cm³/mol. The molecule has 39 heavy (non-hydrogen) atoms. The van der Waals surface area contributed by atoms with Gasteiger partial charge in [0.15, 0.2) is 0 Å². The molecule has 0 spiro atoms. The van der Waals surface area contributed by atoms with E-state index in [9.17, 15) is 0 Å². The Morgan fingerprint density at radius 2 is 0.410 bits per heavy atom. The molecule has 0 fully saturated rings. The summed E-state index contributed by atoms with van der Waals surface area (Å²) in [5.41, 5.74) is 0. The van der Waals surface area contributed by atoms with Gasteiger partial charge in [-0.1, -0.05) is 206 Å². The fraction of sp³-hybridized carbons (Fsp3) is 1.00. The summed E-state index contributed by atoms with van der Waals surface area (Å²) in [5, 5.41) is 7.00. The highest BCUT2D eigenvalue weighted by Gasteiger charge is 1.97. The standard InChI is InChI=1S/C36H74O.CH4O/c1-3-5-7-9-11-13-15-17-19-21-23-25-27-29-31-33-35-37-36-34-32-30-28-26-24-22-20-18-16-14-12-10-8-6-4-2;1-2/h3-36H2,1-2H3;2H,1H3. The van der Waals surface area contributed by atoms with Gasteiger partial charge in [-0.3, -0.25) is 0 Å². The maximum atomic E-state index is 7.00. The minimum absolute atomic E-state index is 0.997. The first-order valence-electron chi connectivity index (χ1n) is 18.4. The molecular weight excluding hydrogens is 476 g/mol. The molecule has 0 bridgehead atoms. The first kappa shape index (κ1) is 41.1. The number of ether oxygens (including phenoxy) is 1. The molecule has 238 valence electrons. The van der Waals surface area contributed by atoms with Crippen LogP contribution in [0.1, 0.15) is 219 Å². The molecule has 0 saturated heterocycles. The monoisotopic (exact) mass is 555 g/mol. The molecule has 0 atom stereocenters. The molecule has 2 nitrogen and oxygen atoms in total. The van der Waals surface area contributed by atoms with Crippen LogP contribution in [-0.4, -0.2) is 25.4 Å². The predicted octanol–water partition coefficient (Wildman–Crippen LogP) is 13.1. The van der Waals surface area contributed by atoms with Gasteiger partial charge in [0.2, 0.25) is 0 Å². The maximum absolute atomic E-state index is 7.00. The fourth-order valence-electron chi connectivity index (χ4n) is 5.61. The molecule has 0 aliphatic heterocycles. The van der Waals surface area contributed by atoms with Crippen molar-refractivity contribution in [2.24, 2.45) is 0 Å². The van der Waals surface area contributed by atoms with Gasteiger partial charge < -0.3 is 9.84 Å². The second-order valence-electron chi connectivity index (χ2n) is 12.2. The lowest BCUT2D eigenvalue weighted by Gasteiger charge is -2.06. The van der Waals surface area contributed by atoms with Gasteiger partial charge in [0, 0.05) is 20.3 Å². The molecular formula is C37H78O2. The van der Waals surface area contributed by atoms with E-state index in [1.54, 1.807) is 0 Å². The number of hydrogen-bond donors (Lipinski definition) is 1. The number of aliphatic hydroxyl groups is 1. The van der Waals surface area contributed by atoms with Gasteiger partial charge in [-0.25, -0.2) is 0 Å². The van der Waals surface area contributed by atoms with E-state index < -0.39 is 0 Å². The Kier molecular flexibility index (Phi) is 44.6. The summed E-state index contributed by atoms with van der Waals surface area (Å²) in [5.74, 6) is 0. The van der Waals surface area contributed by atoms with E-state index in [-0.39, 0.29) is 0 Å². The van der Waals surface area contributed by atoms with Gasteiger partial charge in [0.1, 0.15) is 0 Å². The molecule has 0 unspecified atom stereocenters. The summed E-state index contributed by atoms with van der Waals surface area (Å²) in [6.07, 6.45) is 46.0. The SMILES string of the molecule is CCCCCCCCCCCCCCCCCCOCCCCCCCCCCCCCCCCCC.CO. The van der Waals surface area contributed by atoms with E-state index >= 15 is 0 Å². The first-order valence-corrected chi connectivity index (χ1v) is 18.4. The van der Waals surface area contributed by atoms with Crippen molar-refractivity contribution in [2.75, 3.05) is 20.3 Å². The highest BCUT2D eigenvalue weighted by Crippen LogP contribution is 2.15. The Labute approximate surface area is 249 Å². The third kappa shape index (κ3) is 42.5. The van der Waals surface area contributed by atoms with Crippen molar-refractivity contribution in [3.8, 4) is 0 Å². The largest absolute Gasteiger partial charge is 0.400 e. The molecule has 0 amide bonds. The Morgan fingerprint density at radius 3 is 0.590 bits per heavy atom. The minimum Gasteiger partial charge on any atom is -0.400 e. The molecule has 0 radical (unpaired) electrons. The third-order valence-electron chi connectivity index (χ3n) is 8.28. The van der Waals surface area contributed by atoms with E-state index in [4.69, 9.17) is 9.84 Å². The molecule has 0 saturated carbocycles. The Hall–Kier alpha value is -0.0800. The lowest BCUT2D eigenvalue weighted by molar-refractivity contribution is 0.125. The molecule has 0 aliphatic carbocycles. The van der Waals surface area contributed by atoms with Crippen molar-refractivity contribution < 1.29 is 9.84 Å². The van der Waals surface area contributed by atoms with Crippen LogP contribution >= 0.6 is 0 Å². The molecule has 1 N–H and O–H groups in total. The first-order chi connectivity index (χ1) is 19.4. The van der Waals surface area contributed by atoms with Crippen molar-refractivity contribution in [3.63, 3.8) is 0 Å². The van der Waals surface area contributed by atoms with E-state index in [1.807, 2.05) is 0 Å². The average Bonchev–Trinajstić information content (AvgIpc) is 2.96. The summed E-state index contributed by atoms with van der Waals surface area (Å²) < 4.78 is 5.87. The molecule has 0 aromatic rings. The molecule has 0 aromatic heterocycles. The van der Waals surface area contributed by atoms with Crippen LogP contribution in [0.5, 0.6) is 0 Å². The third-order valence-corrected chi connectivity index (χ3v) is 8.28. The van der Waals surface area contributed by atoms with Crippen molar-refractivity contribution in [1.29, 1.82) is 0 Å². The zero-order valence-corrected chi connectivity index (χ0v) is 27.9. The summed E-state index contributed by atoms with van der Waals surface area (Å²) in [7, 11) is 1.00. The van der Waals surface area contributed by atoms with E-state index in [0.29, 0.717) is 0 Å². The van der Waals surface area contributed by atoms with Gasteiger partial charge in [0.05, 0.1) is 0 Å². The molecule has 0 heterocycles. The molecule has 0 aliphatic rings. The molecule has 2 heteroatoms. The zero-order valence-electron chi connectivity index (χ0n) is 27.9. The van der Waals surface area contributed by atoms with Crippen LogP contribution in [0.3, 0.4) is 0 Å². The van der Waals surface area contributed by atoms with E-state index in [2.05, 4.69) is 13.8 Å². The van der Waals surface area contributed by atoms with Crippen molar-refractivity contribution >= 4 is 0 Å². The second kappa shape index (κ2) is 42.4. The smallest absolute Gasteiger partial charge is 0.0466 e. The summed E-state index contributed by atoms with van der Waals surface area (Å²) in [6.45, 7) is 6.60. The van der Waals surface area contributed by atoms with E-state index in [1.165, 1.54) is 205 Å². The fourth-order valence-corrected chi connectivity index (χ4v) is 5.61. The van der Waals surface area contributed by atoms with E-state index in [0.717, 1.165) is 20.3 Å². The number of unbranched alkanes of at least 4 members (excludes halogenated alkanes) is 30. The lowest BCUT2D eigenvalue weighted by atomic mass is 10.0. The average molecular weight is 555 g/mol. The summed E-state index contributed by atoms with van der Waals surface area (Å²) >= 11 is 0. The van der Waals surface area contributed by atoms with Crippen molar-refractivity contribution in [1.82, 2.24) is 0 Å². The number of aliphatic hydroxyl groups excluding tert-OH is 1.